The van der Waals surface area contributed by atoms with Crippen molar-refractivity contribution >= 4 is 24.0 Å². The number of nitrogens with zero attached hydrogens (tertiary/aromatic N) is 1. The normalized spacial score (nSPS) is 19.4. The summed E-state index contributed by atoms with van der Waals surface area (Å²) in [6.45, 7) is 0.552. The summed E-state index contributed by atoms with van der Waals surface area (Å²) in [5.74, 6) is -1.70. The van der Waals surface area contributed by atoms with Gasteiger partial charge in [0.05, 0.1) is 11.6 Å². The highest BCUT2D eigenvalue weighted by molar-refractivity contribution is 5.97. The Balaban J connectivity index is 1.41. The molecular formula is C23H25FN4O5. The van der Waals surface area contributed by atoms with E-state index in [2.05, 4.69) is 21.1 Å². The number of nitrogens with one attached hydrogen (secondary N) is 3. The van der Waals surface area contributed by atoms with E-state index in [1.54, 1.807) is 6.07 Å². The van der Waals surface area contributed by atoms with Gasteiger partial charge in [-0.3, -0.25) is 14.4 Å². The van der Waals surface area contributed by atoms with Crippen molar-refractivity contribution in [3.63, 3.8) is 0 Å². The molecule has 0 spiro atoms. The van der Waals surface area contributed by atoms with E-state index in [9.17, 15) is 23.6 Å². The molecule has 1 saturated carbocycles. The Bertz CT molecular complexity index is 1050. The summed E-state index contributed by atoms with van der Waals surface area (Å²) in [6, 6.07) is 5.55. The van der Waals surface area contributed by atoms with Crippen molar-refractivity contribution in [1.29, 1.82) is 0 Å². The highest BCUT2D eigenvalue weighted by atomic mass is 19.1. The van der Waals surface area contributed by atoms with Gasteiger partial charge in [0.25, 0.3) is 5.91 Å². The fourth-order valence-electron chi connectivity index (χ4n) is 3.93. The first-order valence-corrected chi connectivity index (χ1v) is 11.0. The molecule has 1 aliphatic heterocycles. The molecule has 33 heavy (non-hydrogen) atoms. The third-order valence-electron chi connectivity index (χ3n) is 5.96. The summed E-state index contributed by atoms with van der Waals surface area (Å²) in [5, 5.41) is 11.7. The van der Waals surface area contributed by atoms with Gasteiger partial charge >= 0.3 is 0 Å². The van der Waals surface area contributed by atoms with Crippen molar-refractivity contribution < 1.29 is 28.1 Å². The van der Waals surface area contributed by atoms with Crippen LogP contribution in [0.3, 0.4) is 0 Å². The predicted octanol–water partition coefficient (Wildman–Crippen LogP) is 1.59. The second-order valence-corrected chi connectivity index (χ2v) is 8.52. The summed E-state index contributed by atoms with van der Waals surface area (Å²) in [5.41, 5.74) is 0.0810. The van der Waals surface area contributed by atoms with Crippen molar-refractivity contribution in [2.24, 2.45) is 11.8 Å². The SMILES string of the molecule is O=C[C@H](C[C@@H]1CCNC1=O)NC(=O)[C@H](CC1CC1)NC(=O)c1cc(-c2ccccc2F)on1. The van der Waals surface area contributed by atoms with Gasteiger partial charge < -0.3 is 25.3 Å². The van der Waals surface area contributed by atoms with E-state index in [1.165, 1.54) is 24.3 Å². The molecule has 0 bridgehead atoms. The Hall–Kier alpha value is -3.56. The van der Waals surface area contributed by atoms with Crippen molar-refractivity contribution in [3.05, 3.63) is 41.8 Å². The molecule has 3 amide bonds. The van der Waals surface area contributed by atoms with Gasteiger partial charge in [0.15, 0.2) is 11.5 Å². The molecule has 3 atom stereocenters. The lowest BCUT2D eigenvalue weighted by Crippen LogP contribution is -2.50. The highest BCUT2D eigenvalue weighted by Gasteiger charge is 2.33. The number of amides is 3. The van der Waals surface area contributed by atoms with Crippen molar-refractivity contribution in [1.82, 2.24) is 21.1 Å². The second kappa shape index (κ2) is 9.93. The maximum atomic E-state index is 14.0. The fourth-order valence-corrected chi connectivity index (χ4v) is 3.93. The van der Waals surface area contributed by atoms with E-state index in [0.717, 1.165) is 12.8 Å². The second-order valence-electron chi connectivity index (χ2n) is 8.52. The van der Waals surface area contributed by atoms with Crippen LogP contribution in [-0.4, -0.2) is 47.8 Å². The van der Waals surface area contributed by atoms with Gasteiger partial charge in [-0.2, -0.15) is 0 Å². The molecule has 1 aromatic heterocycles. The van der Waals surface area contributed by atoms with Gasteiger partial charge in [0, 0.05) is 18.5 Å². The molecule has 2 aliphatic rings. The minimum absolute atomic E-state index is 0.0867. The van der Waals surface area contributed by atoms with Crippen LogP contribution in [-0.2, 0) is 14.4 Å². The number of halogens is 1. The Morgan fingerprint density at radius 3 is 2.67 bits per heavy atom. The lowest BCUT2D eigenvalue weighted by atomic mass is 9.98. The number of aldehydes is 1. The topological polar surface area (TPSA) is 130 Å². The Morgan fingerprint density at radius 2 is 2.00 bits per heavy atom. The van der Waals surface area contributed by atoms with Crippen LogP contribution in [0.5, 0.6) is 0 Å². The average molecular weight is 456 g/mol. The Kier molecular flexibility index (Phi) is 6.81. The number of rotatable bonds is 10. The summed E-state index contributed by atoms with van der Waals surface area (Å²) in [6.07, 6.45) is 3.77. The third kappa shape index (κ3) is 5.63. The first kappa shape index (κ1) is 22.6. The summed E-state index contributed by atoms with van der Waals surface area (Å²) >= 11 is 0. The van der Waals surface area contributed by atoms with Gasteiger partial charge in [-0.05, 0) is 37.3 Å². The van der Waals surface area contributed by atoms with E-state index < -0.39 is 29.7 Å². The fraction of sp³-hybridized carbons (Fsp3) is 0.435. The molecule has 2 heterocycles. The number of carbonyl (C=O) groups excluding carboxylic acids is 4. The molecule has 1 saturated heterocycles. The Labute approximate surface area is 189 Å². The van der Waals surface area contributed by atoms with Gasteiger partial charge in [-0.15, -0.1) is 0 Å². The number of carbonyl (C=O) groups is 4. The summed E-state index contributed by atoms with van der Waals surface area (Å²) in [7, 11) is 0. The van der Waals surface area contributed by atoms with Gasteiger partial charge in [-0.1, -0.05) is 30.1 Å². The Morgan fingerprint density at radius 1 is 1.21 bits per heavy atom. The zero-order chi connectivity index (χ0) is 23.4. The molecule has 1 aromatic carbocycles. The standard InChI is InChI=1S/C23H25FN4O5/c24-17-4-2-1-3-16(17)20-11-19(28-33-20)23(32)27-18(9-13-5-6-13)22(31)26-15(12-29)10-14-7-8-25-21(14)30/h1-4,11-15,18H,5-10H2,(H,25,30)(H,26,31)(H,27,32)/t14-,15-,18-/m0/s1. The number of aromatic nitrogens is 1. The van der Waals surface area contributed by atoms with Crippen LogP contribution in [0.4, 0.5) is 4.39 Å². The van der Waals surface area contributed by atoms with Crippen LogP contribution >= 0.6 is 0 Å². The maximum Gasteiger partial charge on any atom is 0.274 e. The smallest absolute Gasteiger partial charge is 0.274 e. The summed E-state index contributed by atoms with van der Waals surface area (Å²) in [4.78, 5) is 48.9. The zero-order valence-corrected chi connectivity index (χ0v) is 17.9. The average Bonchev–Trinajstić information content (AvgIpc) is 3.32. The van der Waals surface area contributed by atoms with Crippen LogP contribution in [0.2, 0.25) is 0 Å². The molecule has 3 N–H and O–H groups in total. The largest absolute Gasteiger partial charge is 0.356 e. The van der Waals surface area contributed by atoms with Gasteiger partial charge in [0.2, 0.25) is 11.8 Å². The zero-order valence-electron chi connectivity index (χ0n) is 17.9. The minimum atomic E-state index is -0.876. The maximum absolute atomic E-state index is 14.0. The highest BCUT2D eigenvalue weighted by Crippen LogP contribution is 2.33. The van der Waals surface area contributed by atoms with Crippen LogP contribution in [0.25, 0.3) is 11.3 Å². The third-order valence-corrected chi connectivity index (χ3v) is 5.96. The monoisotopic (exact) mass is 456 g/mol. The number of benzene rings is 1. The quantitative estimate of drug-likeness (QED) is 0.466. The molecule has 4 rings (SSSR count). The summed E-state index contributed by atoms with van der Waals surface area (Å²) < 4.78 is 19.1. The van der Waals surface area contributed by atoms with Crippen LogP contribution in [0.15, 0.2) is 34.9 Å². The van der Waals surface area contributed by atoms with E-state index in [1.807, 2.05) is 0 Å². The molecule has 0 unspecified atom stereocenters. The lowest BCUT2D eigenvalue weighted by molar-refractivity contribution is -0.127. The predicted molar refractivity (Wildman–Crippen MR) is 114 cm³/mol. The van der Waals surface area contributed by atoms with E-state index in [0.29, 0.717) is 31.6 Å². The molecule has 0 radical (unpaired) electrons. The molecule has 174 valence electrons. The molecule has 10 heteroatoms. The molecule has 1 aliphatic carbocycles. The molecule has 2 aromatic rings. The molecular weight excluding hydrogens is 431 g/mol. The first-order chi connectivity index (χ1) is 15.9. The van der Waals surface area contributed by atoms with E-state index >= 15 is 0 Å². The molecule has 2 fully saturated rings. The van der Waals surface area contributed by atoms with Gasteiger partial charge in [-0.25, -0.2) is 4.39 Å². The number of hydrogen-bond acceptors (Lipinski definition) is 6. The lowest BCUT2D eigenvalue weighted by Gasteiger charge is -2.21. The number of hydrogen-bond donors (Lipinski definition) is 3. The van der Waals surface area contributed by atoms with Crippen LogP contribution in [0, 0.1) is 17.7 Å². The van der Waals surface area contributed by atoms with Crippen LogP contribution in [0.1, 0.15) is 42.6 Å². The minimum Gasteiger partial charge on any atom is -0.356 e. The first-order valence-electron chi connectivity index (χ1n) is 11.0. The van der Waals surface area contributed by atoms with Crippen molar-refractivity contribution in [2.45, 2.75) is 44.2 Å². The van der Waals surface area contributed by atoms with Crippen LogP contribution < -0.4 is 16.0 Å². The van der Waals surface area contributed by atoms with Crippen molar-refractivity contribution in [2.75, 3.05) is 6.54 Å². The van der Waals surface area contributed by atoms with Crippen molar-refractivity contribution in [3.8, 4) is 11.3 Å². The van der Waals surface area contributed by atoms with E-state index in [-0.39, 0.29) is 35.3 Å². The van der Waals surface area contributed by atoms with Gasteiger partial charge in [0.1, 0.15) is 18.1 Å². The van der Waals surface area contributed by atoms with E-state index in [4.69, 9.17) is 4.52 Å². The molecule has 9 nitrogen and oxygen atoms in total.